The summed E-state index contributed by atoms with van der Waals surface area (Å²) < 4.78 is 4.83. The molecule has 2 rings (SSSR count). The summed E-state index contributed by atoms with van der Waals surface area (Å²) in [6.07, 6.45) is 0. The quantitative estimate of drug-likeness (QED) is 0.561. The maximum atomic E-state index is 12.1. The van der Waals surface area contributed by atoms with Crippen LogP contribution in [0.2, 0.25) is 0 Å². The number of amides is 1. The fraction of sp³-hybridized carbons (Fsp3) is 0.111. The topological polar surface area (TPSA) is 111 Å². The van der Waals surface area contributed by atoms with Crippen LogP contribution in [0.25, 0.3) is 0 Å². The first kappa shape index (κ1) is 18.9. The lowest BCUT2D eigenvalue weighted by molar-refractivity contribution is 0.0523. The molecule has 8 heteroatoms. The van der Waals surface area contributed by atoms with E-state index in [1.54, 1.807) is 6.92 Å². The molecule has 0 atom stereocenters. The third-order valence-electron chi connectivity index (χ3n) is 3.25. The molecule has 132 valence electrons. The van der Waals surface area contributed by atoms with Crippen LogP contribution >= 0.6 is 12.2 Å². The summed E-state index contributed by atoms with van der Waals surface area (Å²) >= 11 is 5.06. The minimum Gasteiger partial charge on any atom is -0.507 e. The van der Waals surface area contributed by atoms with Crippen LogP contribution in [-0.4, -0.2) is 28.7 Å². The number of hydrogen-bond donors (Lipinski definition) is 3. The summed E-state index contributed by atoms with van der Waals surface area (Å²) in [6, 6.07) is 12.2. The van der Waals surface area contributed by atoms with Crippen molar-refractivity contribution >= 4 is 34.9 Å². The van der Waals surface area contributed by atoms with Crippen molar-refractivity contribution in [3.05, 3.63) is 59.2 Å². The molecule has 0 unspecified atom stereocenters. The van der Waals surface area contributed by atoms with Gasteiger partial charge in [0.25, 0.3) is 5.91 Å². The van der Waals surface area contributed by atoms with Crippen molar-refractivity contribution in [2.45, 2.75) is 6.92 Å². The Morgan fingerprint density at radius 2 is 1.92 bits per heavy atom. The Kier molecular flexibility index (Phi) is 6.25. The molecule has 0 bridgehead atoms. The number of nitrogens with one attached hydrogen (secondary N) is 2. The normalized spacial score (nSPS) is 9.69. The summed E-state index contributed by atoms with van der Waals surface area (Å²) in [6.45, 7) is 1.86. The summed E-state index contributed by atoms with van der Waals surface area (Å²) in [5, 5.41) is 23.9. The molecular formula is C18H15N3O4S. The van der Waals surface area contributed by atoms with E-state index in [1.165, 1.54) is 42.5 Å². The lowest BCUT2D eigenvalue weighted by Gasteiger charge is -2.11. The fourth-order valence-electron chi connectivity index (χ4n) is 2.02. The fourth-order valence-corrected chi connectivity index (χ4v) is 2.24. The van der Waals surface area contributed by atoms with Gasteiger partial charge in [-0.2, -0.15) is 5.26 Å². The number of thiocarbonyl (C=S) groups is 1. The summed E-state index contributed by atoms with van der Waals surface area (Å²) in [7, 11) is 0. The van der Waals surface area contributed by atoms with Gasteiger partial charge in [-0.1, -0.05) is 0 Å². The highest BCUT2D eigenvalue weighted by molar-refractivity contribution is 7.80. The van der Waals surface area contributed by atoms with Gasteiger partial charge in [-0.3, -0.25) is 10.1 Å². The van der Waals surface area contributed by atoms with Gasteiger partial charge in [0.2, 0.25) is 0 Å². The van der Waals surface area contributed by atoms with Crippen LogP contribution in [0.4, 0.5) is 5.69 Å². The summed E-state index contributed by atoms with van der Waals surface area (Å²) in [5.74, 6) is -1.35. The number of rotatable bonds is 4. The molecule has 0 saturated carbocycles. The van der Waals surface area contributed by atoms with Crippen molar-refractivity contribution in [3.8, 4) is 11.8 Å². The number of ether oxygens (including phenoxy) is 1. The van der Waals surface area contributed by atoms with Crippen LogP contribution in [0.15, 0.2) is 42.5 Å². The Balaban J connectivity index is 2.00. The average molecular weight is 369 g/mol. The highest BCUT2D eigenvalue weighted by Crippen LogP contribution is 2.22. The zero-order valence-corrected chi connectivity index (χ0v) is 14.6. The standard InChI is InChI=1S/C18H15N3O4S/c1-2-25-17(24)14-8-7-13(9-15(14)22)20-18(26)21-16(23)12-5-3-11(10-19)4-6-12/h3-9,22H,2H2,1H3,(H2,20,21,23,26). The molecule has 0 aromatic heterocycles. The third-order valence-corrected chi connectivity index (χ3v) is 3.46. The van der Waals surface area contributed by atoms with Gasteiger partial charge in [0.1, 0.15) is 11.3 Å². The van der Waals surface area contributed by atoms with Crippen LogP contribution in [0, 0.1) is 11.3 Å². The van der Waals surface area contributed by atoms with Gasteiger partial charge in [0.05, 0.1) is 18.2 Å². The van der Waals surface area contributed by atoms with Crippen LogP contribution in [0.5, 0.6) is 5.75 Å². The summed E-state index contributed by atoms with van der Waals surface area (Å²) in [5.41, 5.74) is 1.21. The largest absolute Gasteiger partial charge is 0.507 e. The SMILES string of the molecule is CCOC(=O)c1ccc(NC(=S)NC(=O)c2ccc(C#N)cc2)cc1O. The second-order valence-corrected chi connectivity index (χ2v) is 5.46. The van der Waals surface area contributed by atoms with E-state index in [0.29, 0.717) is 16.8 Å². The highest BCUT2D eigenvalue weighted by Gasteiger charge is 2.13. The molecular weight excluding hydrogens is 354 g/mol. The number of carbonyl (C=O) groups excluding carboxylic acids is 2. The van der Waals surface area contributed by atoms with Gasteiger partial charge in [-0.15, -0.1) is 0 Å². The smallest absolute Gasteiger partial charge is 0.341 e. The molecule has 2 aromatic carbocycles. The van der Waals surface area contributed by atoms with E-state index in [2.05, 4.69) is 10.6 Å². The first-order valence-electron chi connectivity index (χ1n) is 7.57. The Labute approximate surface area is 155 Å². The molecule has 0 aliphatic carbocycles. The number of anilines is 1. The van der Waals surface area contributed by atoms with E-state index in [4.69, 9.17) is 22.2 Å². The first-order valence-corrected chi connectivity index (χ1v) is 7.98. The molecule has 0 radical (unpaired) electrons. The molecule has 3 N–H and O–H groups in total. The predicted octanol–water partition coefficient (Wildman–Crippen LogP) is 2.57. The molecule has 0 aliphatic heterocycles. The van der Waals surface area contributed by atoms with Crippen LogP contribution in [0.3, 0.4) is 0 Å². The lowest BCUT2D eigenvalue weighted by Crippen LogP contribution is -2.34. The number of benzene rings is 2. The molecule has 0 heterocycles. The predicted molar refractivity (Wildman–Crippen MR) is 98.9 cm³/mol. The van der Waals surface area contributed by atoms with Crippen molar-refractivity contribution in [3.63, 3.8) is 0 Å². The van der Waals surface area contributed by atoms with E-state index < -0.39 is 11.9 Å². The van der Waals surface area contributed by atoms with Gasteiger partial charge in [-0.05, 0) is 55.5 Å². The number of phenolic OH excluding ortho intramolecular Hbond substituents is 1. The Bertz CT molecular complexity index is 888. The number of esters is 1. The molecule has 0 spiro atoms. The zero-order chi connectivity index (χ0) is 19.1. The van der Waals surface area contributed by atoms with Gasteiger partial charge in [0, 0.05) is 17.3 Å². The Morgan fingerprint density at radius 1 is 1.23 bits per heavy atom. The number of nitriles is 1. The minimum absolute atomic E-state index is 0.0163. The van der Waals surface area contributed by atoms with Crippen molar-refractivity contribution < 1.29 is 19.4 Å². The van der Waals surface area contributed by atoms with Crippen LogP contribution in [-0.2, 0) is 4.74 Å². The van der Waals surface area contributed by atoms with Gasteiger partial charge < -0.3 is 15.2 Å². The third kappa shape index (κ3) is 4.78. The van der Waals surface area contributed by atoms with Gasteiger partial charge in [0.15, 0.2) is 5.11 Å². The molecule has 26 heavy (non-hydrogen) atoms. The van der Waals surface area contributed by atoms with Crippen molar-refractivity contribution in [2.24, 2.45) is 0 Å². The molecule has 2 aromatic rings. The number of hydrogen-bond acceptors (Lipinski definition) is 6. The monoisotopic (exact) mass is 369 g/mol. The van der Waals surface area contributed by atoms with Crippen molar-refractivity contribution in [1.29, 1.82) is 5.26 Å². The van der Waals surface area contributed by atoms with E-state index in [1.807, 2.05) is 6.07 Å². The second kappa shape index (κ2) is 8.60. The zero-order valence-electron chi connectivity index (χ0n) is 13.8. The second-order valence-electron chi connectivity index (χ2n) is 5.05. The Morgan fingerprint density at radius 3 is 2.50 bits per heavy atom. The number of carbonyl (C=O) groups is 2. The van der Waals surface area contributed by atoms with Crippen molar-refractivity contribution in [1.82, 2.24) is 5.32 Å². The lowest BCUT2D eigenvalue weighted by atomic mass is 10.1. The van der Waals surface area contributed by atoms with E-state index in [0.717, 1.165) is 0 Å². The van der Waals surface area contributed by atoms with Gasteiger partial charge in [-0.25, -0.2) is 4.79 Å². The number of nitrogens with zero attached hydrogens (tertiary/aromatic N) is 1. The van der Waals surface area contributed by atoms with E-state index in [9.17, 15) is 14.7 Å². The molecule has 0 saturated heterocycles. The van der Waals surface area contributed by atoms with Crippen LogP contribution in [0.1, 0.15) is 33.2 Å². The molecule has 0 aliphatic rings. The first-order chi connectivity index (χ1) is 12.4. The van der Waals surface area contributed by atoms with Gasteiger partial charge >= 0.3 is 5.97 Å². The minimum atomic E-state index is -0.631. The number of aromatic hydroxyl groups is 1. The molecule has 1 amide bonds. The average Bonchev–Trinajstić information content (AvgIpc) is 2.61. The highest BCUT2D eigenvalue weighted by atomic mass is 32.1. The van der Waals surface area contributed by atoms with Crippen molar-refractivity contribution in [2.75, 3.05) is 11.9 Å². The molecule has 7 nitrogen and oxygen atoms in total. The maximum Gasteiger partial charge on any atom is 0.341 e. The Hall–Kier alpha value is -3.44. The van der Waals surface area contributed by atoms with E-state index in [-0.39, 0.29) is 23.0 Å². The van der Waals surface area contributed by atoms with E-state index >= 15 is 0 Å². The molecule has 0 fully saturated rings. The summed E-state index contributed by atoms with van der Waals surface area (Å²) in [4.78, 5) is 23.7. The number of phenols is 1. The van der Waals surface area contributed by atoms with Crippen LogP contribution < -0.4 is 10.6 Å². The maximum absolute atomic E-state index is 12.1.